The Morgan fingerprint density at radius 3 is 2.67 bits per heavy atom. The highest BCUT2D eigenvalue weighted by Gasteiger charge is 2.39. The number of amides is 2. The smallest absolute Gasteiger partial charge is 0.251 e. The summed E-state index contributed by atoms with van der Waals surface area (Å²) in [6.45, 7) is 1.26. The van der Waals surface area contributed by atoms with Crippen molar-refractivity contribution in [2.45, 2.75) is 18.6 Å². The Hall–Kier alpha value is -1.99. The third-order valence-electron chi connectivity index (χ3n) is 4.04. The van der Waals surface area contributed by atoms with Crippen LogP contribution >= 0.6 is 0 Å². The van der Waals surface area contributed by atoms with Crippen LogP contribution in [0.5, 0.6) is 0 Å². The first-order valence-corrected chi connectivity index (χ1v) is 7.95. The van der Waals surface area contributed by atoms with E-state index in [9.17, 15) is 14.0 Å². The standard InChI is InChI=1S/C17H24FN3O3/c1-20(2)10-4-9-19-17(23)16-15(21(3)14(22)11-24-16)12-5-7-13(18)8-6-12/h5-8,15-16H,4,9-11H2,1-3H3,(H,19,23)/t15-,16+/m1/s1. The topological polar surface area (TPSA) is 61.9 Å². The maximum atomic E-state index is 13.2. The number of hydrogen-bond acceptors (Lipinski definition) is 4. The van der Waals surface area contributed by atoms with Crippen LogP contribution in [-0.2, 0) is 14.3 Å². The Kier molecular flexibility index (Phi) is 6.28. The van der Waals surface area contributed by atoms with Gasteiger partial charge in [-0.3, -0.25) is 9.59 Å². The van der Waals surface area contributed by atoms with Crippen LogP contribution in [0.25, 0.3) is 0 Å². The van der Waals surface area contributed by atoms with Crippen LogP contribution in [0.1, 0.15) is 18.0 Å². The lowest BCUT2D eigenvalue weighted by atomic mass is 9.97. The SMILES string of the molecule is CN(C)CCCNC(=O)[C@H]1OCC(=O)N(C)[C@@H]1c1ccc(F)cc1. The fourth-order valence-electron chi connectivity index (χ4n) is 2.70. The molecule has 1 fully saturated rings. The van der Waals surface area contributed by atoms with Gasteiger partial charge in [0.1, 0.15) is 12.4 Å². The van der Waals surface area contributed by atoms with Gasteiger partial charge < -0.3 is 19.9 Å². The molecular formula is C17H24FN3O3. The van der Waals surface area contributed by atoms with Crippen LogP contribution in [0.3, 0.4) is 0 Å². The molecule has 0 unspecified atom stereocenters. The molecule has 0 spiro atoms. The summed E-state index contributed by atoms with van der Waals surface area (Å²) in [5, 5.41) is 2.85. The van der Waals surface area contributed by atoms with Gasteiger partial charge in [-0.2, -0.15) is 0 Å². The van der Waals surface area contributed by atoms with Crippen LogP contribution < -0.4 is 5.32 Å². The number of halogens is 1. The highest BCUT2D eigenvalue weighted by Crippen LogP contribution is 2.29. The quantitative estimate of drug-likeness (QED) is 0.780. The zero-order valence-corrected chi connectivity index (χ0v) is 14.3. The molecule has 0 aliphatic carbocycles. The van der Waals surface area contributed by atoms with Crippen molar-refractivity contribution in [3.05, 3.63) is 35.6 Å². The molecule has 2 amide bonds. The number of ether oxygens (including phenoxy) is 1. The minimum absolute atomic E-state index is 0.135. The van der Waals surface area contributed by atoms with Gasteiger partial charge in [0.2, 0.25) is 5.91 Å². The second-order valence-corrected chi connectivity index (χ2v) is 6.18. The van der Waals surface area contributed by atoms with Crippen LogP contribution in [0.4, 0.5) is 4.39 Å². The zero-order valence-electron chi connectivity index (χ0n) is 14.3. The molecule has 1 aliphatic rings. The molecule has 1 saturated heterocycles. The van der Waals surface area contributed by atoms with Crippen molar-refractivity contribution in [1.29, 1.82) is 0 Å². The average molecular weight is 337 g/mol. The van der Waals surface area contributed by atoms with E-state index in [-0.39, 0.29) is 24.2 Å². The minimum Gasteiger partial charge on any atom is -0.356 e. The van der Waals surface area contributed by atoms with Crippen LogP contribution in [0.15, 0.2) is 24.3 Å². The van der Waals surface area contributed by atoms with Gasteiger partial charge in [0.05, 0.1) is 6.04 Å². The lowest BCUT2D eigenvalue weighted by Gasteiger charge is -2.38. The monoisotopic (exact) mass is 337 g/mol. The predicted octanol–water partition coefficient (Wildman–Crippen LogP) is 0.792. The fourth-order valence-corrected chi connectivity index (χ4v) is 2.70. The van der Waals surface area contributed by atoms with Crippen molar-refractivity contribution < 1.29 is 18.7 Å². The highest BCUT2D eigenvalue weighted by molar-refractivity contribution is 5.86. The van der Waals surface area contributed by atoms with E-state index in [1.54, 1.807) is 19.2 Å². The summed E-state index contributed by atoms with van der Waals surface area (Å²) in [6, 6.07) is 5.21. The van der Waals surface area contributed by atoms with Crippen molar-refractivity contribution in [1.82, 2.24) is 15.1 Å². The Morgan fingerprint density at radius 2 is 2.04 bits per heavy atom. The largest absolute Gasteiger partial charge is 0.356 e. The maximum Gasteiger partial charge on any atom is 0.251 e. The lowest BCUT2D eigenvalue weighted by Crippen LogP contribution is -2.53. The Balaban J connectivity index is 2.08. The third kappa shape index (κ3) is 4.52. The molecule has 1 aliphatic heterocycles. The van der Waals surface area contributed by atoms with Crippen LogP contribution in [0.2, 0.25) is 0 Å². The van der Waals surface area contributed by atoms with Crippen molar-refractivity contribution >= 4 is 11.8 Å². The van der Waals surface area contributed by atoms with E-state index < -0.39 is 12.1 Å². The van der Waals surface area contributed by atoms with Gasteiger partial charge in [-0.25, -0.2) is 4.39 Å². The molecule has 132 valence electrons. The summed E-state index contributed by atoms with van der Waals surface area (Å²) >= 11 is 0. The summed E-state index contributed by atoms with van der Waals surface area (Å²) in [6.07, 6.45) is 0.0130. The Morgan fingerprint density at radius 1 is 1.38 bits per heavy atom. The molecule has 1 N–H and O–H groups in total. The van der Waals surface area contributed by atoms with Gasteiger partial charge in [-0.05, 0) is 44.8 Å². The van der Waals surface area contributed by atoms with E-state index in [1.165, 1.54) is 17.0 Å². The summed E-state index contributed by atoms with van der Waals surface area (Å²) in [7, 11) is 5.57. The molecule has 0 radical (unpaired) electrons. The van der Waals surface area contributed by atoms with Gasteiger partial charge in [-0.1, -0.05) is 12.1 Å². The number of nitrogens with zero attached hydrogens (tertiary/aromatic N) is 2. The number of likely N-dealkylation sites (N-methyl/N-ethyl adjacent to an activating group) is 1. The molecule has 7 heteroatoms. The summed E-state index contributed by atoms with van der Waals surface area (Å²) in [5.74, 6) is -0.836. The maximum absolute atomic E-state index is 13.2. The number of carbonyl (C=O) groups excluding carboxylic acids is 2. The molecule has 0 saturated carbocycles. The first kappa shape index (κ1) is 18.4. The second-order valence-electron chi connectivity index (χ2n) is 6.18. The van der Waals surface area contributed by atoms with Gasteiger partial charge in [0.15, 0.2) is 6.10 Å². The van der Waals surface area contributed by atoms with E-state index >= 15 is 0 Å². The van der Waals surface area contributed by atoms with Crippen molar-refractivity contribution in [2.24, 2.45) is 0 Å². The molecule has 1 aromatic carbocycles. The number of carbonyl (C=O) groups is 2. The average Bonchev–Trinajstić information content (AvgIpc) is 2.54. The van der Waals surface area contributed by atoms with Gasteiger partial charge >= 0.3 is 0 Å². The van der Waals surface area contributed by atoms with Crippen LogP contribution in [0, 0.1) is 5.82 Å². The highest BCUT2D eigenvalue weighted by atomic mass is 19.1. The summed E-state index contributed by atoms with van der Waals surface area (Å²) < 4.78 is 18.6. The molecule has 1 heterocycles. The third-order valence-corrected chi connectivity index (χ3v) is 4.04. The number of morpholine rings is 1. The number of benzene rings is 1. The van der Waals surface area contributed by atoms with Crippen molar-refractivity contribution in [2.75, 3.05) is 40.8 Å². The van der Waals surface area contributed by atoms with E-state index in [0.29, 0.717) is 12.1 Å². The minimum atomic E-state index is -0.808. The zero-order chi connectivity index (χ0) is 17.7. The molecule has 0 bridgehead atoms. The summed E-state index contributed by atoms with van der Waals surface area (Å²) in [4.78, 5) is 27.9. The summed E-state index contributed by atoms with van der Waals surface area (Å²) in [5.41, 5.74) is 0.667. The molecule has 24 heavy (non-hydrogen) atoms. The van der Waals surface area contributed by atoms with Gasteiger partial charge in [0.25, 0.3) is 5.91 Å². The predicted molar refractivity (Wildman–Crippen MR) is 87.8 cm³/mol. The van der Waals surface area contributed by atoms with E-state index in [1.807, 2.05) is 19.0 Å². The first-order chi connectivity index (χ1) is 11.4. The van der Waals surface area contributed by atoms with Crippen molar-refractivity contribution in [3.63, 3.8) is 0 Å². The van der Waals surface area contributed by atoms with E-state index in [4.69, 9.17) is 4.74 Å². The normalized spacial score (nSPS) is 21.2. The number of nitrogens with one attached hydrogen (secondary N) is 1. The number of hydrogen-bond donors (Lipinski definition) is 1. The van der Waals surface area contributed by atoms with E-state index in [2.05, 4.69) is 5.32 Å². The van der Waals surface area contributed by atoms with Crippen LogP contribution in [-0.4, -0.2) is 68.6 Å². The molecule has 2 rings (SSSR count). The van der Waals surface area contributed by atoms with Gasteiger partial charge in [-0.15, -0.1) is 0 Å². The second kappa shape index (κ2) is 8.21. The lowest BCUT2D eigenvalue weighted by molar-refractivity contribution is -0.162. The fraction of sp³-hybridized carbons (Fsp3) is 0.529. The van der Waals surface area contributed by atoms with Crippen molar-refractivity contribution in [3.8, 4) is 0 Å². The molecular weight excluding hydrogens is 313 g/mol. The van der Waals surface area contributed by atoms with Gasteiger partial charge in [0, 0.05) is 13.6 Å². The Labute approximate surface area is 141 Å². The molecule has 1 aromatic rings. The molecule has 2 atom stereocenters. The number of rotatable bonds is 6. The van der Waals surface area contributed by atoms with E-state index in [0.717, 1.165) is 13.0 Å². The first-order valence-electron chi connectivity index (χ1n) is 7.95. The molecule has 6 nitrogen and oxygen atoms in total. The molecule has 0 aromatic heterocycles. The Bertz CT molecular complexity index is 577.